The maximum Gasteiger partial charge on any atom is 0.434 e. The van der Waals surface area contributed by atoms with Crippen molar-refractivity contribution >= 4 is 35.3 Å². The minimum Gasteiger partial charge on any atom is -0.481 e. The van der Waals surface area contributed by atoms with E-state index >= 15 is 0 Å². The highest BCUT2D eigenvalue weighted by Gasteiger charge is 2.45. The van der Waals surface area contributed by atoms with Gasteiger partial charge in [-0.2, -0.15) is 23.3 Å². The number of fused-ring (bicyclic) bond motifs is 1. The molecule has 3 aromatic rings. The highest BCUT2D eigenvalue weighted by Crippen LogP contribution is 2.56. The van der Waals surface area contributed by atoms with Crippen LogP contribution in [-0.2, 0) is 15.7 Å². The molecule has 2 atom stereocenters. The van der Waals surface area contributed by atoms with Crippen LogP contribution in [0.5, 0.6) is 0 Å². The first-order chi connectivity index (χ1) is 15.3. The van der Waals surface area contributed by atoms with Crippen molar-refractivity contribution < 1.29 is 22.6 Å². The fourth-order valence-electron chi connectivity index (χ4n) is 3.42. The van der Waals surface area contributed by atoms with Gasteiger partial charge in [-0.3, -0.25) is 0 Å². The normalized spacial score (nSPS) is 19.6. The number of halogens is 3. The molecule has 3 heterocycles. The largest absolute Gasteiger partial charge is 0.481 e. The third kappa shape index (κ3) is 4.09. The Bertz CT molecular complexity index is 1230. The zero-order chi connectivity index (χ0) is 23.0. The van der Waals surface area contributed by atoms with Crippen LogP contribution >= 0.6 is 11.3 Å². The average molecular weight is 464 g/mol. The lowest BCUT2D eigenvalue weighted by Gasteiger charge is -2.10. The second-order valence-electron chi connectivity index (χ2n) is 7.09. The molecule has 1 aliphatic rings. The third-order valence-electron chi connectivity index (χ3n) is 5.12. The molecule has 0 amide bonds. The Morgan fingerprint density at radius 1 is 1.28 bits per heavy atom. The summed E-state index contributed by atoms with van der Waals surface area (Å²) in [6.07, 6.45) is -0.431. The lowest BCUT2D eigenvalue weighted by atomic mass is 10.1. The van der Waals surface area contributed by atoms with Crippen LogP contribution in [0.15, 0.2) is 39.7 Å². The van der Waals surface area contributed by atoms with Crippen molar-refractivity contribution in [2.75, 3.05) is 14.2 Å². The monoisotopic (exact) mass is 464 g/mol. The smallest absolute Gasteiger partial charge is 0.434 e. The second kappa shape index (κ2) is 8.34. The molecule has 0 aromatic carbocycles. The molecule has 0 saturated heterocycles. The van der Waals surface area contributed by atoms with Gasteiger partial charge in [-0.05, 0) is 32.0 Å². The van der Waals surface area contributed by atoms with Gasteiger partial charge in [0.1, 0.15) is 0 Å². The molecule has 0 spiro atoms. The Kier molecular flexibility index (Phi) is 5.71. The number of rotatable bonds is 5. The molecule has 12 heteroatoms. The molecule has 1 fully saturated rings. The van der Waals surface area contributed by atoms with Crippen molar-refractivity contribution in [2.45, 2.75) is 31.4 Å². The van der Waals surface area contributed by atoms with Gasteiger partial charge in [-0.25, -0.2) is 19.5 Å². The zero-order valence-corrected chi connectivity index (χ0v) is 18.2. The van der Waals surface area contributed by atoms with E-state index in [-0.39, 0.29) is 23.7 Å². The predicted molar refractivity (Wildman–Crippen MR) is 114 cm³/mol. The Labute approximate surface area is 185 Å². The van der Waals surface area contributed by atoms with Crippen molar-refractivity contribution in [1.29, 1.82) is 0 Å². The maximum atomic E-state index is 12.9. The maximum absolute atomic E-state index is 12.9. The summed E-state index contributed by atoms with van der Waals surface area (Å²) in [6, 6.07) is 1.90. The van der Waals surface area contributed by atoms with Gasteiger partial charge in [0.25, 0.3) is 0 Å². The molecule has 168 valence electrons. The Hall–Kier alpha value is -3.28. The van der Waals surface area contributed by atoms with Crippen LogP contribution in [0.4, 0.5) is 13.2 Å². The van der Waals surface area contributed by atoms with Crippen LogP contribution in [0.1, 0.15) is 47.1 Å². The van der Waals surface area contributed by atoms with Gasteiger partial charge in [0.2, 0.25) is 5.88 Å². The number of allylic oxidation sites excluding steroid dienone is 1. The van der Waals surface area contributed by atoms with E-state index in [2.05, 4.69) is 31.8 Å². The lowest BCUT2D eigenvalue weighted by Crippen LogP contribution is -2.05. The summed E-state index contributed by atoms with van der Waals surface area (Å²) >= 11 is 1.03. The molecule has 0 bridgehead atoms. The fourth-order valence-corrected chi connectivity index (χ4v) is 4.43. The van der Waals surface area contributed by atoms with Crippen molar-refractivity contribution in [2.24, 2.45) is 9.98 Å². The van der Waals surface area contributed by atoms with E-state index in [1.54, 1.807) is 23.8 Å². The predicted octanol–water partition coefficient (Wildman–Crippen LogP) is 4.51. The molecule has 1 aliphatic carbocycles. The molecule has 0 N–H and O–H groups in total. The Balaban J connectivity index is 1.72. The van der Waals surface area contributed by atoms with Crippen LogP contribution in [0.2, 0.25) is 0 Å². The first kappa shape index (κ1) is 21.9. The van der Waals surface area contributed by atoms with E-state index < -0.39 is 11.9 Å². The quantitative estimate of drug-likeness (QED) is 0.315. The number of nitrogens with zero attached hydrogens (tertiary/aromatic N) is 6. The van der Waals surface area contributed by atoms with Crippen LogP contribution in [0.3, 0.4) is 0 Å². The highest BCUT2D eigenvalue weighted by atomic mass is 32.1. The van der Waals surface area contributed by atoms with Crippen molar-refractivity contribution in [3.8, 4) is 0 Å². The first-order valence-electron chi connectivity index (χ1n) is 9.48. The van der Waals surface area contributed by atoms with Gasteiger partial charge in [0, 0.05) is 34.8 Å². The summed E-state index contributed by atoms with van der Waals surface area (Å²) in [4.78, 5) is 16.1. The number of ether oxygens (including phenoxy) is 2. The summed E-state index contributed by atoms with van der Waals surface area (Å²) in [5.41, 5.74) is 1.87. The number of methoxy groups -OCH3 is 2. The minimum atomic E-state index is -4.44. The molecule has 32 heavy (non-hydrogen) atoms. The number of aliphatic imine (C=N–C) groups is 2. The molecular weight excluding hydrogens is 445 g/mol. The summed E-state index contributed by atoms with van der Waals surface area (Å²) in [6.45, 7) is 5.18. The molecule has 1 saturated carbocycles. The minimum absolute atomic E-state index is 0.0134. The van der Waals surface area contributed by atoms with Crippen molar-refractivity contribution in [3.05, 3.63) is 51.7 Å². The summed E-state index contributed by atoms with van der Waals surface area (Å²) in [5.74, 6) is 0.135. The van der Waals surface area contributed by atoms with Gasteiger partial charge in [-0.1, -0.05) is 0 Å². The molecule has 4 rings (SSSR count). The van der Waals surface area contributed by atoms with Crippen LogP contribution in [0.25, 0.3) is 11.2 Å². The second-order valence-corrected chi connectivity index (χ2v) is 7.98. The van der Waals surface area contributed by atoms with E-state index in [0.29, 0.717) is 28.3 Å². The van der Waals surface area contributed by atoms with Crippen molar-refractivity contribution in [3.63, 3.8) is 0 Å². The third-order valence-corrected chi connectivity index (χ3v) is 6.10. The molecule has 3 aromatic heterocycles. The van der Waals surface area contributed by atoms with Gasteiger partial charge in [-0.15, -0.1) is 11.3 Å². The number of aromatic nitrogens is 4. The summed E-state index contributed by atoms with van der Waals surface area (Å²) in [7, 11) is 2.88. The topological polar surface area (TPSA) is 86.3 Å². The molecular formula is C20H19F3N6O2S. The fraction of sp³-hybridized carbons (Fsp3) is 0.350. The number of hydrogen-bond acceptors (Lipinski definition) is 7. The number of amidine groups is 1. The van der Waals surface area contributed by atoms with E-state index in [0.717, 1.165) is 22.3 Å². The molecule has 0 radical (unpaired) electrons. The molecule has 8 nitrogen and oxygen atoms in total. The Morgan fingerprint density at radius 3 is 2.69 bits per heavy atom. The van der Waals surface area contributed by atoms with E-state index in [9.17, 15) is 13.2 Å². The highest BCUT2D eigenvalue weighted by molar-refractivity contribution is 7.09. The molecule has 0 unspecified atom stereocenters. The molecule has 0 aliphatic heterocycles. The standard InChI is InChI=1S/C20H19F3N6O2S/c1-10(17(30-3)27-19(24-2)31-4)14-8-12(16-25-5-6-29(16)28-14)11-7-13(11)18-26-15(9-32-18)20(21,22)23/h5-6,8-9,11,13H,2,7H2,1,3-4H3/b17-10-,27-19?/t11-,13+/m1/s1. The van der Waals surface area contributed by atoms with Gasteiger partial charge in [0.15, 0.2) is 11.3 Å². The van der Waals surface area contributed by atoms with Gasteiger partial charge >= 0.3 is 12.2 Å². The van der Waals surface area contributed by atoms with Crippen LogP contribution in [0, 0.1) is 0 Å². The Morgan fingerprint density at radius 2 is 2.06 bits per heavy atom. The van der Waals surface area contributed by atoms with E-state index in [4.69, 9.17) is 9.47 Å². The summed E-state index contributed by atoms with van der Waals surface area (Å²) in [5, 5.41) is 6.10. The average Bonchev–Trinajstić information content (AvgIpc) is 3.16. The number of hydrogen-bond donors (Lipinski definition) is 0. The van der Waals surface area contributed by atoms with Gasteiger partial charge in [0.05, 0.1) is 24.9 Å². The van der Waals surface area contributed by atoms with Crippen LogP contribution < -0.4 is 0 Å². The lowest BCUT2D eigenvalue weighted by molar-refractivity contribution is -0.140. The SMILES string of the molecule is C=NC(=N/C(OC)=C(\C)c1cc([C@H]2C[C@@H]2c2nc(C(F)(F)F)cs2)c2nccn2n1)OC. The van der Waals surface area contributed by atoms with E-state index in [1.807, 2.05) is 6.07 Å². The first-order valence-corrected chi connectivity index (χ1v) is 10.4. The summed E-state index contributed by atoms with van der Waals surface area (Å²) < 4.78 is 50.9. The zero-order valence-electron chi connectivity index (χ0n) is 17.4. The number of thiazole rings is 1. The van der Waals surface area contributed by atoms with E-state index in [1.165, 1.54) is 14.2 Å². The number of imidazole rings is 1. The van der Waals surface area contributed by atoms with Crippen LogP contribution in [-0.4, -0.2) is 46.5 Å². The van der Waals surface area contributed by atoms with Gasteiger partial charge < -0.3 is 9.47 Å². The van der Waals surface area contributed by atoms with Crippen molar-refractivity contribution in [1.82, 2.24) is 19.6 Å². The number of alkyl halides is 3.